The van der Waals surface area contributed by atoms with E-state index in [1.54, 1.807) is 4.57 Å². The second-order valence-corrected chi connectivity index (χ2v) is 6.74. The number of aryl methyl sites for hydroxylation is 1. The highest BCUT2D eigenvalue weighted by Gasteiger charge is 2.39. The molecule has 1 aromatic heterocycles. The Bertz CT molecular complexity index is 521. The van der Waals surface area contributed by atoms with E-state index in [1.165, 1.54) is 0 Å². The molecule has 1 saturated carbocycles. The van der Waals surface area contributed by atoms with Crippen molar-refractivity contribution in [3.05, 3.63) is 28.4 Å². The normalized spacial score (nSPS) is 27.6. The van der Waals surface area contributed by atoms with Crippen LogP contribution in [0.3, 0.4) is 0 Å². The zero-order chi connectivity index (χ0) is 14.9. The van der Waals surface area contributed by atoms with Crippen LogP contribution in [0.1, 0.15) is 58.2 Å². The van der Waals surface area contributed by atoms with Crippen LogP contribution in [0.4, 0.5) is 0 Å². The van der Waals surface area contributed by atoms with Crippen LogP contribution in [0.15, 0.2) is 17.1 Å². The minimum Gasteiger partial charge on any atom is -0.393 e. The van der Waals surface area contributed by atoms with Crippen molar-refractivity contribution in [2.75, 3.05) is 0 Å². The number of nitrogens with zero attached hydrogens (tertiary/aromatic N) is 2. The van der Waals surface area contributed by atoms with Crippen molar-refractivity contribution < 1.29 is 5.11 Å². The summed E-state index contributed by atoms with van der Waals surface area (Å²) in [6.07, 6.45) is 5.05. The van der Waals surface area contributed by atoms with Crippen LogP contribution in [0.25, 0.3) is 0 Å². The summed E-state index contributed by atoms with van der Waals surface area (Å²) < 4.78 is 1.73. The van der Waals surface area contributed by atoms with Gasteiger partial charge in [0.2, 0.25) is 0 Å². The van der Waals surface area contributed by atoms with E-state index in [1.807, 2.05) is 19.2 Å². The number of hydrogen-bond donors (Lipinski definition) is 1. The molecule has 0 aromatic carbocycles. The van der Waals surface area contributed by atoms with Crippen molar-refractivity contribution in [2.24, 2.45) is 11.3 Å². The highest BCUT2D eigenvalue weighted by Crippen LogP contribution is 2.45. The summed E-state index contributed by atoms with van der Waals surface area (Å²) >= 11 is 0. The van der Waals surface area contributed by atoms with Gasteiger partial charge < -0.3 is 5.11 Å². The van der Waals surface area contributed by atoms with E-state index in [4.69, 9.17) is 0 Å². The van der Waals surface area contributed by atoms with Gasteiger partial charge in [0.15, 0.2) is 0 Å². The monoisotopic (exact) mass is 278 g/mol. The van der Waals surface area contributed by atoms with Gasteiger partial charge in [-0.3, -0.25) is 4.57 Å². The Morgan fingerprint density at radius 2 is 2.15 bits per heavy atom. The van der Waals surface area contributed by atoms with E-state index in [9.17, 15) is 9.90 Å². The number of aromatic nitrogens is 2. The molecule has 1 aliphatic rings. The Morgan fingerprint density at radius 1 is 1.45 bits per heavy atom. The number of aliphatic hydroxyl groups excluding tert-OH is 1. The topological polar surface area (TPSA) is 55.1 Å². The molecule has 4 nitrogen and oxygen atoms in total. The molecule has 1 aliphatic carbocycles. The lowest BCUT2D eigenvalue weighted by atomic mass is 9.66. The van der Waals surface area contributed by atoms with Gasteiger partial charge in [0.1, 0.15) is 0 Å². The molecular formula is C16H26N2O2. The van der Waals surface area contributed by atoms with Gasteiger partial charge in [0.25, 0.3) is 0 Å². The van der Waals surface area contributed by atoms with Crippen LogP contribution in [0, 0.1) is 18.3 Å². The molecular weight excluding hydrogens is 252 g/mol. The van der Waals surface area contributed by atoms with E-state index in [0.29, 0.717) is 12.3 Å². The van der Waals surface area contributed by atoms with Gasteiger partial charge in [-0.1, -0.05) is 27.2 Å². The van der Waals surface area contributed by atoms with Gasteiger partial charge in [0, 0.05) is 17.9 Å². The average molecular weight is 278 g/mol. The van der Waals surface area contributed by atoms with E-state index in [0.717, 1.165) is 25.0 Å². The van der Waals surface area contributed by atoms with E-state index in [2.05, 4.69) is 25.8 Å². The first kappa shape index (κ1) is 15.2. The Labute approximate surface area is 120 Å². The Morgan fingerprint density at radius 3 is 2.75 bits per heavy atom. The SMILES string of the molecule is CCC(C)(C)C1CCC(O)CC1n1ccc(C)nc1=O. The standard InChI is InChI=1S/C16H26N2O2/c1-5-16(3,4)13-7-6-12(19)10-14(13)18-9-8-11(2)17-15(18)20/h8-9,12-14,19H,5-7,10H2,1-4H3. The molecule has 4 heteroatoms. The smallest absolute Gasteiger partial charge is 0.348 e. The van der Waals surface area contributed by atoms with Crippen molar-refractivity contribution in [2.45, 2.75) is 65.5 Å². The third-order valence-corrected chi connectivity index (χ3v) is 5.03. The lowest BCUT2D eigenvalue weighted by Gasteiger charge is -2.44. The fourth-order valence-corrected chi connectivity index (χ4v) is 3.36. The van der Waals surface area contributed by atoms with Crippen LogP contribution < -0.4 is 5.69 Å². The molecule has 0 bridgehead atoms. The van der Waals surface area contributed by atoms with Crippen molar-refractivity contribution in [3.8, 4) is 0 Å². The fourth-order valence-electron chi connectivity index (χ4n) is 3.36. The fraction of sp³-hybridized carbons (Fsp3) is 0.750. The molecule has 1 heterocycles. The molecule has 1 aromatic rings. The molecule has 112 valence electrons. The summed E-state index contributed by atoms with van der Waals surface area (Å²) in [5.41, 5.74) is 0.713. The zero-order valence-corrected chi connectivity index (χ0v) is 13.0. The lowest BCUT2D eigenvalue weighted by molar-refractivity contribution is 0.0199. The van der Waals surface area contributed by atoms with Crippen LogP contribution in [0.5, 0.6) is 0 Å². The largest absolute Gasteiger partial charge is 0.393 e. The second-order valence-electron chi connectivity index (χ2n) is 6.74. The van der Waals surface area contributed by atoms with Crippen molar-refractivity contribution in [1.29, 1.82) is 0 Å². The maximum absolute atomic E-state index is 12.2. The Kier molecular flexibility index (Phi) is 4.33. The quantitative estimate of drug-likeness (QED) is 0.925. The van der Waals surface area contributed by atoms with Gasteiger partial charge in [-0.15, -0.1) is 0 Å². The number of hydrogen-bond acceptors (Lipinski definition) is 3. The van der Waals surface area contributed by atoms with Gasteiger partial charge in [0.05, 0.1) is 6.10 Å². The van der Waals surface area contributed by atoms with Gasteiger partial charge in [-0.2, -0.15) is 4.98 Å². The second kappa shape index (κ2) is 5.68. The summed E-state index contributed by atoms with van der Waals surface area (Å²) in [5, 5.41) is 10.0. The zero-order valence-electron chi connectivity index (χ0n) is 13.0. The number of aliphatic hydroxyl groups is 1. The molecule has 0 amide bonds. The molecule has 3 unspecified atom stereocenters. The Hall–Kier alpha value is -1.16. The highest BCUT2D eigenvalue weighted by atomic mass is 16.3. The first-order chi connectivity index (χ1) is 9.35. The van der Waals surface area contributed by atoms with Crippen molar-refractivity contribution in [1.82, 2.24) is 9.55 Å². The Balaban J connectivity index is 2.40. The molecule has 2 rings (SSSR count). The predicted molar refractivity (Wildman–Crippen MR) is 79.7 cm³/mol. The molecule has 0 radical (unpaired) electrons. The molecule has 1 fully saturated rings. The number of rotatable bonds is 3. The summed E-state index contributed by atoms with van der Waals surface area (Å²) in [5.74, 6) is 0.401. The summed E-state index contributed by atoms with van der Waals surface area (Å²) in [6.45, 7) is 8.54. The molecule has 0 spiro atoms. The first-order valence-corrected chi connectivity index (χ1v) is 7.59. The van der Waals surface area contributed by atoms with Crippen LogP contribution in [-0.2, 0) is 0 Å². The molecule has 0 saturated heterocycles. The average Bonchev–Trinajstić information content (AvgIpc) is 2.38. The third kappa shape index (κ3) is 2.95. The van der Waals surface area contributed by atoms with Gasteiger partial charge in [-0.05, 0) is 43.6 Å². The van der Waals surface area contributed by atoms with Crippen molar-refractivity contribution >= 4 is 0 Å². The third-order valence-electron chi connectivity index (χ3n) is 5.03. The molecule has 3 atom stereocenters. The maximum Gasteiger partial charge on any atom is 0.348 e. The minimum absolute atomic E-state index is 0.0503. The van der Waals surface area contributed by atoms with Gasteiger partial charge in [-0.25, -0.2) is 4.79 Å². The van der Waals surface area contributed by atoms with Crippen molar-refractivity contribution in [3.63, 3.8) is 0 Å². The maximum atomic E-state index is 12.2. The highest BCUT2D eigenvalue weighted by molar-refractivity contribution is 5.00. The summed E-state index contributed by atoms with van der Waals surface area (Å²) in [6, 6.07) is 1.92. The molecule has 20 heavy (non-hydrogen) atoms. The van der Waals surface area contributed by atoms with Crippen LogP contribution in [0.2, 0.25) is 0 Å². The predicted octanol–water partition coefficient (Wildman–Crippen LogP) is 2.69. The van der Waals surface area contributed by atoms with Crippen LogP contribution >= 0.6 is 0 Å². The summed E-state index contributed by atoms with van der Waals surface area (Å²) in [4.78, 5) is 16.2. The van der Waals surface area contributed by atoms with Crippen LogP contribution in [-0.4, -0.2) is 20.8 Å². The van der Waals surface area contributed by atoms with E-state index >= 15 is 0 Å². The van der Waals surface area contributed by atoms with E-state index in [-0.39, 0.29) is 23.3 Å². The molecule has 1 N–H and O–H groups in total. The lowest BCUT2D eigenvalue weighted by Crippen LogP contribution is -2.42. The van der Waals surface area contributed by atoms with E-state index < -0.39 is 0 Å². The van der Waals surface area contributed by atoms with Gasteiger partial charge >= 0.3 is 5.69 Å². The minimum atomic E-state index is -0.308. The summed E-state index contributed by atoms with van der Waals surface area (Å²) in [7, 11) is 0. The molecule has 0 aliphatic heterocycles. The first-order valence-electron chi connectivity index (χ1n) is 7.59.